The summed E-state index contributed by atoms with van der Waals surface area (Å²) >= 11 is 1.54. The van der Waals surface area contributed by atoms with Crippen LogP contribution in [0, 0.1) is 0 Å². The fourth-order valence-electron chi connectivity index (χ4n) is 4.25. The molecule has 3 aliphatic rings. The van der Waals surface area contributed by atoms with Crippen molar-refractivity contribution in [2.75, 3.05) is 57.3 Å². The predicted molar refractivity (Wildman–Crippen MR) is 130 cm³/mol. The normalized spacial score (nSPS) is 19.3. The van der Waals surface area contributed by atoms with E-state index in [-0.39, 0.29) is 13.0 Å². The van der Waals surface area contributed by atoms with Gasteiger partial charge in [0.05, 0.1) is 18.0 Å². The van der Waals surface area contributed by atoms with Crippen molar-refractivity contribution in [3.63, 3.8) is 0 Å². The molecule has 1 aromatic rings. The van der Waals surface area contributed by atoms with Gasteiger partial charge < -0.3 is 14.9 Å². The van der Waals surface area contributed by atoms with E-state index in [9.17, 15) is 13.2 Å². The van der Waals surface area contributed by atoms with E-state index in [2.05, 4.69) is 14.7 Å². The molecule has 1 saturated heterocycles. The molecule has 0 saturated carbocycles. The topological polar surface area (TPSA) is 30.0 Å². The first-order valence-corrected chi connectivity index (χ1v) is 12.6. The van der Waals surface area contributed by atoms with Gasteiger partial charge in [0.25, 0.3) is 0 Å². The third-order valence-corrected chi connectivity index (χ3v) is 7.07. The van der Waals surface area contributed by atoms with Crippen LogP contribution in [-0.2, 0) is 0 Å². The van der Waals surface area contributed by atoms with Gasteiger partial charge in [-0.2, -0.15) is 13.2 Å². The van der Waals surface area contributed by atoms with Crippen LogP contribution in [0.5, 0.6) is 0 Å². The lowest BCUT2D eigenvalue weighted by Crippen LogP contribution is -2.47. The standard InChI is InChI=1S/C23H28F3N3OS.C2H6/c24-23(25,26)18-5-3-8-22-20(17-18)29(19-6-1-2-7-21(19)31-22)10-4-9-27-11-13-28(14-12-27)15-16-30;1-2/h1-3,6-8,17,30H,4-5,9-16H2;1-2H3. The van der Waals surface area contributed by atoms with Crippen molar-refractivity contribution >= 4 is 17.4 Å². The third kappa shape index (κ3) is 6.66. The van der Waals surface area contributed by atoms with Gasteiger partial charge in [-0.05, 0) is 43.7 Å². The molecule has 2 aliphatic heterocycles. The summed E-state index contributed by atoms with van der Waals surface area (Å²) in [4.78, 5) is 8.66. The smallest absolute Gasteiger partial charge is 0.395 e. The number of halogens is 3. The molecular weight excluding hydrogens is 447 g/mol. The molecule has 1 fully saturated rings. The zero-order valence-corrected chi connectivity index (χ0v) is 20.3. The Balaban J connectivity index is 0.00000149. The lowest BCUT2D eigenvalue weighted by molar-refractivity contribution is -0.0929. The molecule has 1 N–H and O–H groups in total. The number of β-amino-alcohol motifs (C(OH)–C–C–N with tert-alkyl or cyclic N) is 1. The fourth-order valence-corrected chi connectivity index (χ4v) is 5.36. The second-order valence-electron chi connectivity index (χ2n) is 8.01. The number of alkyl halides is 3. The first-order chi connectivity index (χ1) is 16.0. The molecule has 33 heavy (non-hydrogen) atoms. The summed E-state index contributed by atoms with van der Waals surface area (Å²) in [5.41, 5.74) is 1.13. The highest BCUT2D eigenvalue weighted by molar-refractivity contribution is 8.03. The van der Waals surface area contributed by atoms with E-state index in [4.69, 9.17) is 5.11 Å². The molecule has 0 aromatic heterocycles. The van der Waals surface area contributed by atoms with E-state index in [1.165, 1.54) is 17.8 Å². The van der Waals surface area contributed by atoms with E-state index in [1.54, 1.807) is 6.08 Å². The van der Waals surface area contributed by atoms with Gasteiger partial charge in [-0.1, -0.05) is 43.8 Å². The minimum absolute atomic E-state index is 0.0979. The Morgan fingerprint density at radius 3 is 2.30 bits per heavy atom. The number of hydrogen-bond donors (Lipinski definition) is 1. The number of thioether (sulfide) groups is 1. The van der Waals surface area contributed by atoms with E-state index in [0.717, 1.165) is 54.6 Å². The highest BCUT2D eigenvalue weighted by atomic mass is 32.2. The summed E-state index contributed by atoms with van der Waals surface area (Å²) in [6.07, 6.45) is 1.24. The molecule has 2 heterocycles. The Morgan fingerprint density at radius 1 is 0.970 bits per heavy atom. The predicted octanol–water partition coefficient (Wildman–Crippen LogP) is 5.29. The number of piperazine rings is 1. The Hall–Kier alpha value is -1.74. The average molecular weight is 482 g/mol. The van der Waals surface area contributed by atoms with Gasteiger partial charge in [-0.25, -0.2) is 0 Å². The molecule has 0 radical (unpaired) electrons. The van der Waals surface area contributed by atoms with Crippen LogP contribution in [0.4, 0.5) is 18.9 Å². The second-order valence-corrected chi connectivity index (χ2v) is 9.09. The summed E-state index contributed by atoms with van der Waals surface area (Å²) in [5, 5.41) is 9.09. The van der Waals surface area contributed by atoms with E-state index in [1.807, 2.05) is 44.2 Å². The highest BCUT2D eigenvalue weighted by Crippen LogP contribution is 2.46. The quantitative estimate of drug-likeness (QED) is 0.597. The zero-order valence-electron chi connectivity index (χ0n) is 19.4. The molecule has 0 bridgehead atoms. The molecule has 182 valence electrons. The average Bonchev–Trinajstić information content (AvgIpc) is 3.04. The van der Waals surface area contributed by atoms with Gasteiger partial charge in [0.1, 0.15) is 0 Å². The minimum atomic E-state index is -4.33. The number of hydrogen-bond acceptors (Lipinski definition) is 5. The molecule has 4 nitrogen and oxygen atoms in total. The lowest BCUT2D eigenvalue weighted by Gasteiger charge is -2.36. The summed E-state index contributed by atoms with van der Waals surface area (Å²) in [7, 11) is 0. The fraction of sp³-hybridized carbons (Fsp3) is 0.520. The minimum Gasteiger partial charge on any atom is -0.395 e. The summed E-state index contributed by atoms with van der Waals surface area (Å²) in [5.74, 6) is 0. The molecule has 8 heteroatoms. The van der Waals surface area contributed by atoms with Gasteiger partial charge in [0.15, 0.2) is 0 Å². The molecule has 1 aromatic carbocycles. The van der Waals surface area contributed by atoms with Gasteiger partial charge in [0.2, 0.25) is 0 Å². The van der Waals surface area contributed by atoms with Crippen molar-refractivity contribution < 1.29 is 18.3 Å². The van der Waals surface area contributed by atoms with Gasteiger partial charge >= 0.3 is 6.18 Å². The van der Waals surface area contributed by atoms with Crippen LogP contribution in [0.3, 0.4) is 0 Å². The molecule has 0 unspecified atom stereocenters. The number of aliphatic hydroxyl groups excluding tert-OH is 1. The third-order valence-electron chi connectivity index (χ3n) is 5.94. The first-order valence-electron chi connectivity index (χ1n) is 11.7. The largest absolute Gasteiger partial charge is 0.413 e. The molecule has 0 spiro atoms. The van der Waals surface area contributed by atoms with Crippen LogP contribution in [0.15, 0.2) is 63.6 Å². The maximum Gasteiger partial charge on any atom is 0.413 e. The second kappa shape index (κ2) is 12.1. The number of para-hydroxylation sites is 1. The Kier molecular flexibility index (Phi) is 9.49. The monoisotopic (exact) mass is 481 g/mol. The molecule has 0 amide bonds. The number of allylic oxidation sites excluding steroid dienone is 4. The van der Waals surface area contributed by atoms with Crippen LogP contribution in [0.25, 0.3) is 0 Å². The van der Waals surface area contributed by atoms with Crippen molar-refractivity contribution in [3.8, 4) is 0 Å². The van der Waals surface area contributed by atoms with E-state index < -0.39 is 11.7 Å². The van der Waals surface area contributed by atoms with Crippen LogP contribution < -0.4 is 4.90 Å². The Bertz CT molecular complexity index is 874. The summed E-state index contributed by atoms with van der Waals surface area (Å²) in [6, 6.07) is 7.94. The number of nitrogens with zero attached hydrogens (tertiary/aromatic N) is 3. The molecule has 1 aliphatic carbocycles. The van der Waals surface area contributed by atoms with Crippen LogP contribution >= 0.6 is 11.8 Å². The van der Waals surface area contributed by atoms with E-state index in [0.29, 0.717) is 18.8 Å². The van der Waals surface area contributed by atoms with Crippen molar-refractivity contribution in [2.24, 2.45) is 0 Å². The zero-order chi connectivity index (χ0) is 23.8. The lowest BCUT2D eigenvalue weighted by atomic mass is 10.1. The van der Waals surface area contributed by atoms with Crippen LogP contribution in [0.1, 0.15) is 26.7 Å². The number of aliphatic hydroxyl groups is 1. The van der Waals surface area contributed by atoms with Gasteiger partial charge in [-0.3, -0.25) is 4.90 Å². The summed E-state index contributed by atoms with van der Waals surface area (Å²) < 4.78 is 40.5. The SMILES string of the molecule is CC.OCCN1CCN(CCCN2C3=C(C=CCC(C(F)(F)F)=C3)Sc3ccccc32)CC1. The van der Waals surface area contributed by atoms with Gasteiger partial charge in [0, 0.05) is 54.6 Å². The first kappa shape index (κ1) is 25.9. The maximum atomic E-state index is 13.5. The molecule has 0 atom stereocenters. The summed E-state index contributed by atoms with van der Waals surface area (Å²) in [6.45, 7) is 10.3. The Labute approximate surface area is 199 Å². The molecular formula is C25H34F3N3OS. The van der Waals surface area contributed by atoms with Crippen LogP contribution in [0.2, 0.25) is 0 Å². The van der Waals surface area contributed by atoms with Crippen molar-refractivity contribution in [1.82, 2.24) is 9.80 Å². The highest BCUT2D eigenvalue weighted by Gasteiger charge is 2.35. The Morgan fingerprint density at radius 2 is 1.64 bits per heavy atom. The van der Waals surface area contributed by atoms with Crippen molar-refractivity contribution in [3.05, 3.63) is 58.7 Å². The van der Waals surface area contributed by atoms with Crippen LogP contribution in [-0.4, -0.2) is 73.5 Å². The number of fused-ring (bicyclic) bond motifs is 1. The van der Waals surface area contributed by atoms with E-state index >= 15 is 0 Å². The van der Waals surface area contributed by atoms with Gasteiger partial charge in [-0.15, -0.1) is 0 Å². The number of benzene rings is 1. The van der Waals surface area contributed by atoms with Crippen molar-refractivity contribution in [2.45, 2.75) is 37.8 Å². The number of anilines is 1. The molecule has 4 rings (SSSR count). The van der Waals surface area contributed by atoms with Crippen molar-refractivity contribution in [1.29, 1.82) is 0 Å². The number of rotatable bonds is 6. The maximum absolute atomic E-state index is 13.5.